The number of sulfonamides is 1. The van der Waals surface area contributed by atoms with Crippen LogP contribution in [0.4, 0.5) is 0 Å². The fraction of sp³-hybridized carbons (Fsp3) is 0.273. The first-order valence-electron chi connectivity index (χ1n) is 5.38. The van der Waals surface area contributed by atoms with Gasteiger partial charge in [0.1, 0.15) is 9.97 Å². The van der Waals surface area contributed by atoms with Gasteiger partial charge < -0.3 is 4.42 Å². The molecule has 0 saturated carbocycles. The highest BCUT2D eigenvalue weighted by molar-refractivity contribution is 9.11. The van der Waals surface area contributed by atoms with E-state index in [1.165, 1.54) is 6.07 Å². The summed E-state index contributed by atoms with van der Waals surface area (Å²) in [6.07, 6.45) is 2.05. The van der Waals surface area contributed by atoms with Crippen molar-refractivity contribution in [2.24, 2.45) is 0 Å². The fourth-order valence-electron chi connectivity index (χ4n) is 1.55. The molecule has 0 aliphatic heterocycles. The number of hydrogen-bond donors (Lipinski definition) is 1. The van der Waals surface area contributed by atoms with Crippen molar-refractivity contribution < 1.29 is 12.8 Å². The van der Waals surface area contributed by atoms with Gasteiger partial charge in [0.2, 0.25) is 10.0 Å². The number of furan rings is 1. The van der Waals surface area contributed by atoms with Crippen LogP contribution in [-0.2, 0) is 16.4 Å². The van der Waals surface area contributed by atoms with E-state index in [1.54, 1.807) is 19.3 Å². The maximum atomic E-state index is 12.1. The summed E-state index contributed by atoms with van der Waals surface area (Å²) in [6, 6.07) is 4.74. The van der Waals surface area contributed by atoms with Crippen LogP contribution in [0.1, 0.15) is 12.7 Å². The Bertz CT molecular complexity index is 632. The molecule has 1 atom stereocenters. The van der Waals surface area contributed by atoms with Gasteiger partial charge in [0.25, 0.3) is 0 Å². The molecule has 0 fully saturated rings. The third-order valence-electron chi connectivity index (χ3n) is 2.33. The summed E-state index contributed by atoms with van der Waals surface area (Å²) in [4.78, 5) is 0. The molecule has 2 heterocycles. The highest BCUT2D eigenvalue weighted by Gasteiger charge is 2.21. The average molecular weight is 385 g/mol. The summed E-state index contributed by atoms with van der Waals surface area (Å²) in [5, 5.41) is 0.393. The van der Waals surface area contributed by atoms with Crippen molar-refractivity contribution in [1.82, 2.24) is 4.72 Å². The summed E-state index contributed by atoms with van der Waals surface area (Å²) in [6.45, 7) is 1.78. The van der Waals surface area contributed by atoms with Crippen molar-refractivity contribution in [3.05, 3.63) is 39.0 Å². The number of hydrogen-bond acceptors (Lipinski definition) is 4. The van der Waals surface area contributed by atoms with Crippen LogP contribution in [0.15, 0.2) is 36.9 Å². The summed E-state index contributed by atoms with van der Waals surface area (Å²) in [5.41, 5.74) is 0. The van der Waals surface area contributed by atoms with Gasteiger partial charge in [0, 0.05) is 12.5 Å². The average Bonchev–Trinajstić information content (AvgIpc) is 2.89. The minimum Gasteiger partial charge on any atom is -0.469 e. The topological polar surface area (TPSA) is 59.3 Å². The number of halogens is 2. The highest BCUT2D eigenvalue weighted by Crippen LogP contribution is 2.34. The molecule has 0 bridgehead atoms. The third kappa shape index (κ3) is 3.82. The molecule has 2 rings (SSSR count). The SMILES string of the molecule is CC(Cc1ccco1)NS(=O)(=O)c1cc(Cl)c(Br)s1. The first kappa shape index (κ1) is 15.1. The standard InChI is InChI=1S/C11H11BrClNO3S2/c1-7(5-8-3-2-4-17-8)14-19(15,16)10-6-9(13)11(12)18-10/h2-4,6-7,14H,5H2,1H3. The van der Waals surface area contributed by atoms with Crippen LogP contribution in [0.25, 0.3) is 0 Å². The molecule has 0 aliphatic rings. The lowest BCUT2D eigenvalue weighted by Crippen LogP contribution is -2.33. The van der Waals surface area contributed by atoms with Crippen LogP contribution in [0.3, 0.4) is 0 Å². The van der Waals surface area contributed by atoms with Crippen molar-refractivity contribution in [2.75, 3.05) is 0 Å². The zero-order valence-corrected chi connectivity index (χ0v) is 13.9. The predicted molar refractivity (Wildman–Crippen MR) is 79.2 cm³/mol. The highest BCUT2D eigenvalue weighted by atomic mass is 79.9. The molecular formula is C11H11BrClNO3S2. The van der Waals surface area contributed by atoms with E-state index in [1.807, 2.05) is 6.07 Å². The summed E-state index contributed by atoms with van der Waals surface area (Å²) in [5.74, 6) is 0.737. The molecule has 2 aromatic heterocycles. The lowest BCUT2D eigenvalue weighted by atomic mass is 10.2. The van der Waals surface area contributed by atoms with Crippen LogP contribution in [0.2, 0.25) is 5.02 Å². The van der Waals surface area contributed by atoms with Crippen LogP contribution in [0.5, 0.6) is 0 Å². The van der Waals surface area contributed by atoms with E-state index in [2.05, 4.69) is 20.7 Å². The lowest BCUT2D eigenvalue weighted by Gasteiger charge is -2.11. The normalized spacial score (nSPS) is 13.6. The van der Waals surface area contributed by atoms with Crippen LogP contribution < -0.4 is 4.72 Å². The second-order valence-corrected chi connectivity index (χ2v) is 8.71. The largest absolute Gasteiger partial charge is 0.469 e. The quantitative estimate of drug-likeness (QED) is 0.855. The number of rotatable bonds is 5. The second kappa shape index (κ2) is 5.97. The van der Waals surface area contributed by atoms with Crippen LogP contribution >= 0.6 is 38.9 Å². The molecule has 1 unspecified atom stereocenters. The van der Waals surface area contributed by atoms with E-state index in [0.717, 1.165) is 17.1 Å². The first-order valence-corrected chi connectivity index (χ1v) is 8.85. The van der Waals surface area contributed by atoms with Gasteiger partial charge in [-0.3, -0.25) is 0 Å². The maximum Gasteiger partial charge on any atom is 0.250 e. The van der Waals surface area contributed by atoms with Gasteiger partial charge in [-0.2, -0.15) is 0 Å². The molecule has 19 heavy (non-hydrogen) atoms. The minimum atomic E-state index is -3.55. The zero-order valence-electron chi connectivity index (χ0n) is 9.89. The Kier molecular flexibility index (Phi) is 4.73. The second-order valence-electron chi connectivity index (χ2n) is 3.99. The van der Waals surface area contributed by atoms with Gasteiger partial charge in [-0.1, -0.05) is 11.6 Å². The summed E-state index contributed by atoms with van der Waals surface area (Å²) >= 11 is 10.1. The van der Waals surface area contributed by atoms with Crippen molar-refractivity contribution >= 4 is 48.9 Å². The van der Waals surface area contributed by atoms with Gasteiger partial charge >= 0.3 is 0 Å². The Labute approximate surface area is 128 Å². The molecule has 4 nitrogen and oxygen atoms in total. The minimum absolute atomic E-state index is 0.190. The Morgan fingerprint density at radius 3 is 2.84 bits per heavy atom. The molecule has 8 heteroatoms. The Morgan fingerprint density at radius 1 is 1.58 bits per heavy atom. The fourth-order valence-corrected chi connectivity index (χ4v) is 5.21. The van der Waals surface area contributed by atoms with Crippen LogP contribution in [0, 0.1) is 0 Å². The Hall–Kier alpha value is -0.340. The first-order chi connectivity index (χ1) is 8.88. The van der Waals surface area contributed by atoms with E-state index in [0.29, 0.717) is 15.2 Å². The lowest BCUT2D eigenvalue weighted by molar-refractivity contribution is 0.479. The molecule has 2 aromatic rings. The van der Waals surface area contributed by atoms with E-state index in [-0.39, 0.29) is 10.3 Å². The van der Waals surface area contributed by atoms with Crippen molar-refractivity contribution in [3.8, 4) is 0 Å². The number of nitrogens with one attached hydrogen (secondary N) is 1. The molecule has 0 radical (unpaired) electrons. The van der Waals surface area contributed by atoms with E-state index < -0.39 is 10.0 Å². The van der Waals surface area contributed by atoms with Gasteiger partial charge in [0.15, 0.2) is 0 Å². The third-order valence-corrected chi connectivity index (χ3v) is 6.87. The summed E-state index contributed by atoms with van der Waals surface area (Å²) in [7, 11) is -3.55. The summed E-state index contributed by atoms with van der Waals surface area (Å²) < 4.78 is 32.8. The van der Waals surface area contributed by atoms with Gasteiger partial charge in [0.05, 0.1) is 15.1 Å². The van der Waals surface area contributed by atoms with Crippen molar-refractivity contribution in [2.45, 2.75) is 23.6 Å². The van der Waals surface area contributed by atoms with Crippen molar-refractivity contribution in [1.29, 1.82) is 0 Å². The molecule has 0 saturated heterocycles. The molecule has 0 aromatic carbocycles. The zero-order chi connectivity index (χ0) is 14.0. The van der Waals surface area contributed by atoms with Crippen LogP contribution in [-0.4, -0.2) is 14.5 Å². The van der Waals surface area contributed by atoms with Crippen molar-refractivity contribution in [3.63, 3.8) is 0 Å². The maximum absolute atomic E-state index is 12.1. The molecule has 104 valence electrons. The molecule has 0 amide bonds. The molecule has 0 aliphatic carbocycles. The molecular weight excluding hydrogens is 374 g/mol. The van der Waals surface area contributed by atoms with Gasteiger partial charge in [-0.05, 0) is 41.1 Å². The predicted octanol–water partition coefficient (Wildman–Crippen LogP) is 3.67. The number of thiophene rings is 1. The smallest absolute Gasteiger partial charge is 0.250 e. The van der Waals surface area contributed by atoms with Gasteiger partial charge in [-0.25, -0.2) is 13.1 Å². The van der Waals surface area contributed by atoms with E-state index >= 15 is 0 Å². The molecule has 1 N–H and O–H groups in total. The Morgan fingerprint density at radius 2 is 2.32 bits per heavy atom. The monoisotopic (exact) mass is 383 g/mol. The van der Waals surface area contributed by atoms with E-state index in [4.69, 9.17) is 16.0 Å². The Balaban J connectivity index is 2.08. The van der Waals surface area contributed by atoms with E-state index in [9.17, 15) is 8.42 Å². The molecule has 0 spiro atoms. The van der Waals surface area contributed by atoms with Gasteiger partial charge in [-0.15, -0.1) is 11.3 Å².